The number of benzene rings is 2. The highest BCUT2D eigenvalue weighted by molar-refractivity contribution is 6.04. The molecule has 0 fully saturated rings. The molecule has 0 aliphatic rings. The maximum Gasteiger partial charge on any atom is 0.255 e. The van der Waals surface area contributed by atoms with Crippen LogP contribution in [0.1, 0.15) is 10.4 Å². The molecule has 116 valence electrons. The number of hydrogen-bond donors (Lipinski definition) is 2. The lowest BCUT2D eigenvalue weighted by molar-refractivity contribution is 0.102. The molecule has 4 aromatic rings. The van der Waals surface area contributed by atoms with Crippen molar-refractivity contribution >= 4 is 22.6 Å². The average Bonchev–Trinajstić information content (AvgIpc) is 3.11. The van der Waals surface area contributed by atoms with Crippen LogP contribution < -0.4 is 5.32 Å². The number of H-pyrrole nitrogens is 1. The number of nitrogens with zero attached hydrogens (tertiary/aromatic N) is 1. The Bertz CT molecular complexity index is 988. The number of anilines is 1. The summed E-state index contributed by atoms with van der Waals surface area (Å²) in [6, 6.07) is 21.0. The van der Waals surface area contributed by atoms with Gasteiger partial charge >= 0.3 is 0 Å². The predicted molar refractivity (Wildman–Crippen MR) is 95.9 cm³/mol. The highest BCUT2D eigenvalue weighted by Gasteiger charge is 2.08. The van der Waals surface area contributed by atoms with Crippen LogP contribution in [0.4, 0.5) is 5.69 Å². The highest BCUT2D eigenvalue weighted by Crippen LogP contribution is 2.27. The van der Waals surface area contributed by atoms with Crippen LogP contribution in [0.25, 0.3) is 22.2 Å². The molecule has 4 heteroatoms. The van der Waals surface area contributed by atoms with Gasteiger partial charge in [0.25, 0.3) is 5.91 Å². The summed E-state index contributed by atoms with van der Waals surface area (Å²) in [5.41, 5.74) is 4.42. The van der Waals surface area contributed by atoms with E-state index in [-0.39, 0.29) is 5.91 Å². The number of aromatic amines is 1. The standard InChI is InChI=1S/C20H15N3O/c24-20(23-16-4-2-1-3-5-16)15-8-6-14(7-9-15)17-10-12-21-19-18(17)11-13-22-19/h1-13H,(H,21,22)(H,23,24). The molecule has 0 aliphatic carbocycles. The largest absolute Gasteiger partial charge is 0.346 e. The Kier molecular flexibility index (Phi) is 3.56. The van der Waals surface area contributed by atoms with E-state index in [0.29, 0.717) is 5.56 Å². The van der Waals surface area contributed by atoms with Crippen molar-refractivity contribution in [1.29, 1.82) is 0 Å². The highest BCUT2D eigenvalue weighted by atomic mass is 16.1. The lowest BCUT2D eigenvalue weighted by Gasteiger charge is -2.07. The summed E-state index contributed by atoms with van der Waals surface area (Å²) in [6.45, 7) is 0. The molecule has 0 atom stereocenters. The normalized spacial score (nSPS) is 10.7. The molecule has 2 heterocycles. The predicted octanol–water partition coefficient (Wildman–Crippen LogP) is 4.48. The number of nitrogens with one attached hydrogen (secondary N) is 2. The van der Waals surface area contributed by atoms with E-state index in [4.69, 9.17) is 0 Å². The Morgan fingerprint density at radius 1 is 0.917 bits per heavy atom. The molecule has 2 aromatic heterocycles. The van der Waals surface area contributed by atoms with Crippen molar-refractivity contribution in [3.63, 3.8) is 0 Å². The van der Waals surface area contributed by atoms with Crippen molar-refractivity contribution in [3.8, 4) is 11.1 Å². The smallest absolute Gasteiger partial charge is 0.255 e. The monoisotopic (exact) mass is 313 g/mol. The molecule has 0 saturated carbocycles. The van der Waals surface area contributed by atoms with Gasteiger partial charge in [-0.2, -0.15) is 0 Å². The van der Waals surface area contributed by atoms with E-state index in [2.05, 4.69) is 15.3 Å². The lowest BCUT2D eigenvalue weighted by atomic mass is 10.0. The zero-order chi connectivity index (χ0) is 16.4. The Morgan fingerprint density at radius 2 is 1.71 bits per heavy atom. The van der Waals surface area contributed by atoms with Crippen molar-refractivity contribution in [2.45, 2.75) is 0 Å². The summed E-state index contributed by atoms with van der Waals surface area (Å²) in [5.74, 6) is -0.116. The van der Waals surface area contributed by atoms with Gasteiger partial charge in [0.05, 0.1) is 0 Å². The van der Waals surface area contributed by atoms with Gasteiger partial charge in [-0.05, 0) is 47.5 Å². The van der Waals surface area contributed by atoms with Crippen LogP contribution in [-0.2, 0) is 0 Å². The molecular formula is C20H15N3O. The van der Waals surface area contributed by atoms with Crippen molar-refractivity contribution in [1.82, 2.24) is 9.97 Å². The summed E-state index contributed by atoms with van der Waals surface area (Å²) in [6.07, 6.45) is 3.66. The maximum atomic E-state index is 12.3. The molecule has 0 spiro atoms. The molecule has 4 rings (SSSR count). The van der Waals surface area contributed by atoms with Crippen LogP contribution in [0, 0.1) is 0 Å². The van der Waals surface area contributed by atoms with Gasteiger partial charge in [-0.25, -0.2) is 4.98 Å². The van der Waals surface area contributed by atoms with Crippen molar-refractivity contribution in [2.75, 3.05) is 5.32 Å². The SMILES string of the molecule is O=C(Nc1ccccc1)c1ccc(-c2ccnc3[nH]ccc23)cc1. The van der Waals surface area contributed by atoms with Gasteiger partial charge < -0.3 is 10.3 Å². The molecule has 4 nitrogen and oxygen atoms in total. The van der Waals surface area contributed by atoms with Crippen LogP contribution in [0.2, 0.25) is 0 Å². The third-order valence-electron chi connectivity index (χ3n) is 3.95. The van der Waals surface area contributed by atoms with E-state index in [1.54, 1.807) is 6.20 Å². The first-order chi connectivity index (χ1) is 11.8. The fourth-order valence-electron chi connectivity index (χ4n) is 2.74. The number of carbonyl (C=O) groups is 1. The second kappa shape index (κ2) is 6.01. The third-order valence-corrected chi connectivity index (χ3v) is 3.95. The molecular weight excluding hydrogens is 298 g/mol. The number of aromatic nitrogens is 2. The summed E-state index contributed by atoms with van der Waals surface area (Å²) < 4.78 is 0. The molecule has 2 N–H and O–H groups in total. The van der Waals surface area contributed by atoms with Gasteiger partial charge in [-0.3, -0.25) is 4.79 Å². The second-order valence-electron chi connectivity index (χ2n) is 5.50. The fourth-order valence-corrected chi connectivity index (χ4v) is 2.74. The van der Waals surface area contributed by atoms with Gasteiger partial charge in [-0.1, -0.05) is 30.3 Å². The molecule has 1 amide bonds. The van der Waals surface area contributed by atoms with Crippen LogP contribution >= 0.6 is 0 Å². The summed E-state index contributed by atoms with van der Waals surface area (Å²) in [7, 11) is 0. The van der Waals surface area contributed by atoms with Crippen molar-refractivity contribution in [3.05, 3.63) is 84.7 Å². The van der Waals surface area contributed by atoms with Gasteiger partial charge in [0.2, 0.25) is 0 Å². The number of pyridine rings is 1. The third kappa shape index (κ3) is 2.65. The molecule has 24 heavy (non-hydrogen) atoms. The van der Waals surface area contributed by atoms with Gasteiger partial charge in [-0.15, -0.1) is 0 Å². The van der Waals surface area contributed by atoms with Gasteiger partial charge in [0.15, 0.2) is 0 Å². The Hall–Kier alpha value is -3.40. The fraction of sp³-hybridized carbons (Fsp3) is 0. The van der Waals surface area contributed by atoms with Crippen LogP contribution in [0.5, 0.6) is 0 Å². The Balaban J connectivity index is 1.61. The minimum absolute atomic E-state index is 0.116. The van der Waals surface area contributed by atoms with Crippen molar-refractivity contribution in [2.24, 2.45) is 0 Å². The topological polar surface area (TPSA) is 57.8 Å². The zero-order valence-corrected chi connectivity index (χ0v) is 12.9. The summed E-state index contributed by atoms with van der Waals surface area (Å²) in [5, 5.41) is 3.96. The molecule has 0 radical (unpaired) electrons. The first-order valence-electron chi connectivity index (χ1n) is 7.70. The van der Waals surface area contributed by atoms with Gasteiger partial charge in [0.1, 0.15) is 5.65 Å². The maximum absolute atomic E-state index is 12.3. The molecule has 0 saturated heterocycles. The number of hydrogen-bond acceptors (Lipinski definition) is 2. The van der Waals surface area contributed by atoms with E-state index in [0.717, 1.165) is 27.8 Å². The van der Waals surface area contributed by atoms with Crippen LogP contribution in [-0.4, -0.2) is 15.9 Å². The Labute approximate surface area is 139 Å². The quantitative estimate of drug-likeness (QED) is 0.586. The minimum Gasteiger partial charge on any atom is -0.346 e. The minimum atomic E-state index is -0.116. The number of carbonyl (C=O) groups excluding carboxylic acids is 1. The first kappa shape index (κ1) is 14.2. The van der Waals surface area contributed by atoms with Crippen LogP contribution in [0.15, 0.2) is 79.1 Å². The number of amides is 1. The molecule has 0 unspecified atom stereocenters. The first-order valence-corrected chi connectivity index (χ1v) is 7.70. The molecule has 0 bridgehead atoms. The molecule has 0 aliphatic heterocycles. The zero-order valence-electron chi connectivity index (χ0n) is 12.9. The lowest BCUT2D eigenvalue weighted by Crippen LogP contribution is -2.11. The Morgan fingerprint density at radius 3 is 2.50 bits per heavy atom. The van der Waals surface area contributed by atoms with E-state index in [1.807, 2.05) is 72.9 Å². The number of fused-ring (bicyclic) bond motifs is 1. The van der Waals surface area contributed by atoms with E-state index < -0.39 is 0 Å². The number of rotatable bonds is 3. The van der Waals surface area contributed by atoms with Gasteiger partial charge in [0, 0.05) is 29.0 Å². The van der Waals surface area contributed by atoms with Crippen molar-refractivity contribution < 1.29 is 4.79 Å². The summed E-state index contributed by atoms with van der Waals surface area (Å²) >= 11 is 0. The average molecular weight is 313 g/mol. The summed E-state index contributed by atoms with van der Waals surface area (Å²) in [4.78, 5) is 19.7. The number of para-hydroxylation sites is 1. The van der Waals surface area contributed by atoms with E-state index in [9.17, 15) is 4.79 Å². The van der Waals surface area contributed by atoms with Crippen LogP contribution in [0.3, 0.4) is 0 Å². The second-order valence-corrected chi connectivity index (χ2v) is 5.50. The molecule has 2 aromatic carbocycles. The van der Waals surface area contributed by atoms with E-state index >= 15 is 0 Å². The van der Waals surface area contributed by atoms with E-state index in [1.165, 1.54) is 0 Å².